The number of hydrogen-bond donors (Lipinski definition) is 1. The number of carbonyl (C=O) groups is 1. The van der Waals surface area contributed by atoms with Gasteiger partial charge in [-0.1, -0.05) is 35.9 Å². The van der Waals surface area contributed by atoms with Crippen LogP contribution in [-0.4, -0.2) is 26.2 Å². The summed E-state index contributed by atoms with van der Waals surface area (Å²) in [7, 11) is 3.03. The van der Waals surface area contributed by atoms with Crippen LogP contribution >= 0.6 is 11.6 Å². The Morgan fingerprint density at radius 2 is 1.68 bits per heavy atom. The zero-order chi connectivity index (χ0) is 24.2. The van der Waals surface area contributed by atoms with E-state index in [0.29, 0.717) is 38.7 Å². The van der Waals surface area contributed by atoms with Crippen molar-refractivity contribution in [2.24, 2.45) is 0 Å². The smallest absolute Gasteiger partial charge is 0.265 e. The molecule has 1 heterocycles. The molecule has 0 spiro atoms. The Labute approximate surface area is 200 Å². The molecule has 174 valence electrons. The number of fused-ring (bicyclic) bond motifs is 1. The minimum atomic E-state index is -1.03. The first-order valence-electron chi connectivity index (χ1n) is 10.4. The summed E-state index contributed by atoms with van der Waals surface area (Å²) in [5.41, 5.74) is 0.948. The number of ether oxygens (including phenoxy) is 3. The van der Waals surface area contributed by atoms with Gasteiger partial charge >= 0.3 is 0 Å². The number of halogens is 1. The van der Waals surface area contributed by atoms with Crippen LogP contribution in [-0.2, 0) is 4.79 Å². The Kier molecular flexibility index (Phi) is 6.75. The second kappa shape index (κ2) is 9.89. The van der Waals surface area contributed by atoms with Gasteiger partial charge in [0.05, 0.1) is 24.6 Å². The van der Waals surface area contributed by atoms with E-state index < -0.39 is 17.4 Å². The standard InChI is InChI=1S/C26H22ClNO6/c1-15(26(30)28-16-12-13-21(31-2)22(14-16)32-3)33-25-23(29)18-9-5-7-11-20(18)34-24(25)17-8-4-6-10-19(17)27/h4-15H,1-3H3,(H,28,30). The van der Waals surface area contributed by atoms with Crippen LogP contribution in [0.3, 0.4) is 0 Å². The van der Waals surface area contributed by atoms with Gasteiger partial charge in [0.2, 0.25) is 11.2 Å². The number of carbonyl (C=O) groups excluding carboxylic acids is 1. The van der Waals surface area contributed by atoms with E-state index in [0.717, 1.165) is 0 Å². The van der Waals surface area contributed by atoms with Crippen molar-refractivity contribution in [3.63, 3.8) is 0 Å². The number of amides is 1. The lowest BCUT2D eigenvalue weighted by Gasteiger charge is -2.18. The van der Waals surface area contributed by atoms with E-state index in [1.807, 2.05) is 0 Å². The van der Waals surface area contributed by atoms with Crippen molar-refractivity contribution in [3.05, 3.63) is 82.0 Å². The molecule has 1 amide bonds. The maximum atomic E-state index is 13.3. The summed E-state index contributed by atoms with van der Waals surface area (Å²) in [6, 6.07) is 18.7. The molecule has 7 nitrogen and oxygen atoms in total. The molecule has 8 heteroatoms. The van der Waals surface area contributed by atoms with Gasteiger partial charge in [0.25, 0.3) is 5.91 Å². The summed E-state index contributed by atoms with van der Waals surface area (Å²) in [6.45, 7) is 1.54. The first kappa shape index (κ1) is 23.2. The molecule has 3 aromatic carbocycles. The zero-order valence-corrected chi connectivity index (χ0v) is 19.5. The number of methoxy groups -OCH3 is 2. The highest BCUT2D eigenvalue weighted by atomic mass is 35.5. The second-order valence-electron chi connectivity index (χ2n) is 7.38. The van der Waals surface area contributed by atoms with Crippen LogP contribution in [0.15, 0.2) is 75.9 Å². The molecule has 1 N–H and O–H groups in total. The summed E-state index contributed by atoms with van der Waals surface area (Å²) < 4.78 is 22.4. The van der Waals surface area contributed by atoms with Crippen molar-refractivity contribution in [2.75, 3.05) is 19.5 Å². The van der Waals surface area contributed by atoms with Crippen molar-refractivity contribution in [1.29, 1.82) is 0 Å². The number of anilines is 1. The Bertz CT molecular complexity index is 1410. The van der Waals surface area contributed by atoms with Crippen LogP contribution in [0.2, 0.25) is 5.02 Å². The lowest BCUT2D eigenvalue weighted by Crippen LogP contribution is -2.31. The highest BCUT2D eigenvalue weighted by Crippen LogP contribution is 2.36. The minimum Gasteiger partial charge on any atom is -0.493 e. The van der Waals surface area contributed by atoms with Crippen LogP contribution < -0.4 is 25.0 Å². The number of hydrogen-bond acceptors (Lipinski definition) is 6. The Morgan fingerprint density at radius 1 is 0.971 bits per heavy atom. The SMILES string of the molecule is COc1ccc(NC(=O)C(C)Oc2c(-c3ccccc3Cl)oc3ccccc3c2=O)cc1OC. The van der Waals surface area contributed by atoms with Crippen LogP contribution in [0.1, 0.15) is 6.92 Å². The van der Waals surface area contributed by atoms with Crippen molar-refractivity contribution >= 4 is 34.2 Å². The normalized spacial score (nSPS) is 11.6. The van der Waals surface area contributed by atoms with Crippen LogP contribution in [0.4, 0.5) is 5.69 Å². The van der Waals surface area contributed by atoms with Crippen molar-refractivity contribution in [3.8, 4) is 28.6 Å². The van der Waals surface area contributed by atoms with Crippen molar-refractivity contribution < 1.29 is 23.4 Å². The molecule has 4 rings (SSSR count). The van der Waals surface area contributed by atoms with Gasteiger partial charge in [-0.05, 0) is 43.3 Å². The lowest BCUT2D eigenvalue weighted by molar-refractivity contribution is -0.122. The van der Waals surface area contributed by atoms with Gasteiger partial charge in [0.15, 0.2) is 23.4 Å². The number of para-hydroxylation sites is 1. The van der Waals surface area contributed by atoms with Crippen LogP contribution in [0.25, 0.3) is 22.3 Å². The maximum absolute atomic E-state index is 13.3. The average molecular weight is 480 g/mol. The van der Waals surface area contributed by atoms with E-state index in [-0.39, 0.29) is 11.5 Å². The molecule has 1 unspecified atom stereocenters. The molecule has 1 aromatic heterocycles. The van der Waals surface area contributed by atoms with E-state index >= 15 is 0 Å². The Morgan fingerprint density at radius 3 is 2.41 bits per heavy atom. The molecule has 0 saturated heterocycles. The fourth-order valence-electron chi connectivity index (χ4n) is 3.44. The van der Waals surface area contributed by atoms with Gasteiger partial charge < -0.3 is 23.9 Å². The first-order valence-corrected chi connectivity index (χ1v) is 10.8. The summed E-state index contributed by atoms with van der Waals surface area (Å²) in [4.78, 5) is 26.2. The lowest BCUT2D eigenvalue weighted by atomic mass is 10.1. The fraction of sp³-hybridized carbons (Fsp3) is 0.154. The third kappa shape index (κ3) is 4.56. The fourth-order valence-corrected chi connectivity index (χ4v) is 3.66. The van der Waals surface area contributed by atoms with E-state index in [1.165, 1.54) is 14.2 Å². The van der Waals surface area contributed by atoms with E-state index in [1.54, 1.807) is 73.7 Å². The minimum absolute atomic E-state index is 0.0956. The van der Waals surface area contributed by atoms with Gasteiger partial charge in [-0.3, -0.25) is 9.59 Å². The number of rotatable bonds is 7. The molecule has 4 aromatic rings. The van der Waals surface area contributed by atoms with E-state index in [2.05, 4.69) is 5.32 Å². The van der Waals surface area contributed by atoms with Crippen molar-refractivity contribution in [1.82, 2.24) is 0 Å². The van der Waals surface area contributed by atoms with Crippen LogP contribution in [0.5, 0.6) is 17.2 Å². The molecule has 0 radical (unpaired) electrons. The Hall–Kier alpha value is -3.97. The third-order valence-corrected chi connectivity index (χ3v) is 5.52. The zero-order valence-electron chi connectivity index (χ0n) is 18.8. The molecule has 1 atom stereocenters. The van der Waals surface area contributed by atoms with Gasteiger partial charge in [0, 0.05) is 17.3 Å². The van der Waals surface area contributed by atoms with Gasteiger partial charge in [-0.15, -0.1) is 0 Å². The molecule has 0 aliphatic carbocycles. The molecule has 0 aliphatic rings. The van der Waals surface area contributed by atoms with E-state index in [9.17, 15) is 9.59 Å². The van der Waals surface area contributed by atoms with Gasteiger partial charge in [0.1, 0.15) is 5.58 Å². The summed E-state index contributed by atoms with van der Waals surface area (Å²) in [6.07, 6.45) is -1.03. The van der Waals surface area contributed by atoms with Crippen LogP contribution in [0, 0.1) is 0 Å². The quantitative estimate of drug-likeness (QED) is 0.374. The predicted molar refractivity (Wildman–Crippen MR) is 131 cm³/mol. The Balaban J connectivity index is 1.69. The number of benzene rings is 3. The molecule has 0 bridgehead atoms. The average Bonchev–Trinajstić information content (AvgIpc) is 2.85. The largest absolute Gasteiger partial charge is 0.493 e. The molecular formula is C26H22ClNO6. The number of nitrogens with one attached hydrogen (secondary N) is 1. The van der Waals surface area contributed by atoms with Gasteiger partial charge in [-0.25, -0.2) is 0 Å². The summed E-state index contributed by atoms with van der Waals surface area (Å²) in [5.74, 6) is 0.583. The third-order valence-electron chi connectivity index (χ3n) is 5.19. The highest BCUT2D eigenvalue weighted by Gasteiger charge is 2.24. The van der Waals surface area contributed by atoms with Crippen molar-refractivity contribution in [2.45, 2.75) is 13.0 Å². The second-order valence-corrected chi connectivity index (χ2v) is 7.79. The van der Waals surface area contributed by atoms with E-state index in [4.69, 9.17) is 30.2 Å². The summed E-state index contributed by atoms with van der Waals surface area (Å²) in [5, 5.41) is 3.47. The summed E-state index contributed by atoms with van der Waals surface area (Å²) >= 11 is 6.37. The maximum Gasteiger partial charge on any atom is 0.265 e. The molecular weight excluding hydrogens is 458 g/mol. The molecule has 34 heavy (non-hydrogen) atoms. The monoisotopic (exact) mass is 479 g/mol. The van der Waals surface area contributed by atoms with Gasteiger partial charge in [-0.2, -0.15) is 0 Å². The highest BCUT2D eigenvalue weighted by molar-refractivity contribution is 6.33. The molecule has 0 aliphatic heterocycles. The first-order chi connectivity index (χ1) is 16.4. The molecule has 0 saturated carbocycles. The topological polar surface area (TPSA) is 87.0 Å². The molecule has 0 fully saturated rings. The predicted octanol–water partition coefficient (Wildman–Crippen LogP) is 5.54.